The lowest BCUT2D eigenvalue weighted by molar-refractivity contribution is -0.146. The second-order valence-corrected chi connectivity index (χ2v) is 4.35. The van der Waals surface area contributed by atoms with E-state index in [1.165, 1.54) is 0 Å². The van der Waals surface area contributed by atoms with Crippen LogP contribution in [0.4, 0.5) is 0 Å². The Balaban J connectivity index is 2.15. The summed E-state index contributed by atoms with van der Waals surface area (Å²) >= 11 is 0. The Morgan fingerprint density at radius 2 is 0.950 bits per heavy atom. The predicted molar refractivity (Wildman–Crippen MR) is 72.8 cm³/mol. The number of hydrogen-bond acceptors (Lipinski definition) is 4. The minimum Gasteiger partial charge on any atom is -0.380 e. The quantitative estimate of drug-likeness (QED) is 0.809. The monoisotopic (exact) mass is 270 g/mol. The van der Waals surface area contributed by atoms with Crippen molar-refractivity contribution in [1.82, 2.24) is 0 Å². The molecule has 0 aliphatic carbocycles. The number of aliphatic hydroxyl groups is 2. The average molecular weight is 270 g/mol. The van der Waals surface area contributed by atoms with Crippen LogP contribution >= 0.6 is 0 Å². The maximum absolute atomic E-state index is 11.9. The van der Waals surface area contributed by atoms with Crippen LogP contribution in [0.5, 0.6) is 0 Å². The van der Waals surface area contributed by atoms with Crippen molar-refractivity contribution < 1.29 is 19.8 Å². The van der Waals surface area contributed by atoms with Crippen LogP contribution in [0.3, 0.4) is 0 Å². The molecule has 4 heteroatoms. The van der Waals surface area contributed by atoms with Crippen molar-refractivity contribution >= 4 is 11.6 Å². The third-order valence-corrected chi connectivity index (χ3v) is 2.97. The van der Waals surface area contributed by atoms with Gasteiger partial charge >= 0.3 is 0 Å². The first kappa shape index (κ1) is 14.1. The molecule has 0 saturated heterocycles. The summed E-state index contributed by atoms with van der Waals surface area (Å²) in [5, 5.41) is 19.7. The van der Waals surface area contributed by atoms with Gasteiger partial charge in [0.05, 0.1) is 0 Å². The largest absolute Gasteiger partial charge is 0.380 e. The van der Waals surface area contributed by atoms with Gasteiger partial charge in [-0.15, -0.1) is 0 Å². The fourth-order valence-corrected chi connectivity index (χ4v) is 1.84. The van der Waals surface area contributed by atoms with Crippen molar-refractivity contribution in [3.63, 3.8) is 0 Å². The van der Waals surface area contributed by atoms with Gasteiger partial charge in [0.1, 0.15) is 12.2 Å². The molecule has 0 saturated carbocycles. The normalized spacial score (nSPS) is 13.5. The number of carbonyl (C=O) groups is 2. The van der Waals surface area contributed by atoms with E-state index in [9.17, 15) is 19.8 Å². The minimum absolute atomic E-state index is 0.325. The molecule has 2 rings (SSSR count). The summed E-state index contributed by atoms with van der Waals surface area (Å²) in [7, 11) is 0. The molecule has 102 valence electrons. The third-order valence-electron chi connectivity index (χ3n) is 2.97. The van der Waals surface area contributed by atoms with Crippen LogP contribution in [-0.2, 0) is 9.59 Å². The maximum atomic E-state index is 11.9. The predicted octanol–water partition coefficient (Wildman–Crippen LogP) is 1.59. The van der Waals surface area contributed by atoms with Gasteiger partial charge in [0, 0.05) is 0 Å². The first-order chi connectivity index (χ1) is 9.61. The van der Waals surface area contributed by atoms with E-state index < -0.39 is 23.8 Å². The zero-order valence-electron chi connectivity index (χ0n) is 10.6. The summed E-state index contributed by atoms with van der Waals surface area (Å²) in [6, 6.07) is 16.3. The number of Topliss-reactive ketones (excluding diaryl/α,β-unsaturated/α-hetero) is 2. The first-order valence-corrected chi connectivity index (χ1v) is 6.15. The van der Waals surface area contributed by atoms with Crippen molar-refractivity contribution in [3.8, 4) is 0 Å². The van der Waals surface area contributed by atoms with Crippen LogP contribution in [-0.4, -0.2) is 21.8 Å². The highest BCUT2D eigenvalue weighted by atomic mass is 16.3. The molecule has 4 nitrogen and oxygen atoms in total. The lowest BCUT2D eigenvalue weighted by atomic mass is 9.97. The maximum Gasteiger partial charge on any atom is 0.234 e. The van der Waals surface area contributed by atoms with Crippen LogP contribution in [0.15, 0.2) is 60.7 Å². The molecule has 2 unspecified atom stereocenters. The molecule has 0 spiro atoms. The molecule has 0 fully saturated rings. The number of carbonyl (C=O) groups excluding carboxylic acids is 2. The lowest BCUT2D eigenvalue weighted by Crippen LogP contribution is -2.27. The molecule has 0 aliphatic rings. The summed E-state index contributed by atoms with van der Waals surface area (Å²) in [5.74, 6) is -2.04. The van der Waals surface area contributed by atoms with Crippen molar-refractivity contribution in [2.24, 2.45) is 0 Å². The Morgan fingerprint density at radius 1 is 0.650 bits per heavy atom. The van der Waals surface area contributed by atoms with Gasteiger partial charge in [-0.1, -0.05) is 60.7 Å². The van der Waals surface area contributed by atoms with Crippen LogP contribution in [0.25, 0.3) is 0 Å². The van der Waals surface area contributed by atoms with Crippen LogP contribution < -0.4 is 0 Å². The van der Waals surface area contributed by atoms with E-state index >= 15 is 0 Å². The van der Waals surface area contributed by atoms with Crippen molar-refractivity contribution in [1.29, 1.82) is 0 Å². The molecule has 0 aliphatic heterocycles. The molecular formula is C16H14O4. The van der Waals surface area contributed by atoms with Gasteiger partial charge in [-0.25, -0.2) is 0 Å². The highest BCUT2D eigenvalue weighted by Gasteiger charge is 2.30. The van der Waals surface area contributed by atoms with E-state index in [-0.39, 0.29) is 0 Å². The molecule has 20 heavy (non-hydrogen) atoms. The molecule has 2 aromatic rings. The molecular weight excluding hydrogens is 256 g/mol. The van der Waals surface area contributed by atoms with Gasteiger partial charge in [0.15, 0.2) is 0 Å². The molecule has 2 aromatic carbocycles. The van der Waals surface area contributed by atoms with E-state index in [0.717, 1.165) is 0 Å². The van der Waals surface area contributed by atoms with Crippen LogP contribution in [0.1, 0.15) is 23.3 Å². The zero-order valence-corrected chi connectivity index (χ0v) is 10.6. The molecule has 2 N–H and O–H groups in total. The van der Waals surface area contributed by atoms with Gasteiger partial charge in [0.25, 0.3) is 0 Å². The number of ketones is 2. The fraction of sp³-hybridized carbons (Fsp3) is 0.125. The van der Waals surface area contributed by atoms with E-state index in [0.29, 0.717) is 11.1 Å². The number of benzene rings is 2. The van der Waals surface area contributed by atoms with Crippen LogP contribution in [0, 0.1) is 0 Å². The fourth-order valence-electron chi connectivity index (χ4n) is 1.84. The second-order valence-electron chi connectivity index (χ2n) is 4.35. The second kappa shape index (κ2) is 6.23. The highest BCUT2D eigenvalue weighted by Crippen LogP contribution is 2.19. The van der Waals surface area contributed by atoms with Gasteiger partial charge < -0.3 is 10.2 Å². The van der Waals surface area contributed by atoms with Gasteiger partial charge in [-0.05, 0) is 11.1 Å². The molecule has 2 atom stereocenters. The summed E-state index contributed by atoms with van der Waals surface area (Å²) in [5.41, 5.74) is 0.650. The van der Waals surface area contributed by atoms with E-state index in [1.54, 1.807) is 60.7 Å². The average Bonchev–Trinajstić information content (AvgIpc) is 2.53. The standard InChI is InChI=1S/C16H14O4/c17-13(11-7-3-1-4-8-11)15(19)16(20)14(18)12-9-5-2-6-10-12/h1-10,13-14,17-18H. The summed E-state index contributed by atoms with van der Waals surface area (Å²) < 4.78 is 0. The summed E-state index contributed by atoms with van der Waals surface area (Å²) in [6.45, 7) is 0. The number of aliphatic hydroxyl groups excluding tert-OH is 2. The van der Waals surface area contributed by atoms with Gasteiger partial charge in [-0.2, -0.15) is 0 Å². The Hall–Kier alpha value is -2.30. The SMILES string of the molecule is O=C(C(=O)C(O)c1ccccc1)C(O)c1ccccc1. The molecule has 0 amide bonds. The third kappa shape index (κ3) is 2.99. The van der Waals surface area contributed by atoms with Crippen molar-refractivity contribution in [3.05, 3.63) is 71.8 Å². The topological polar surface area (TPSA) is 74.6 Å². The molecule has 0 aromatic heterocycles. The molecule has 0 bridgehead atoms. The van der Waals surface area contributed by atoms with Crippen LogP contribution in [0.2, 0.25) is 0 Å². The van der Waals surface area contributed by atoms with Crippen molar-refractivity contribution in [2.75, 3.05) is 0 Å². The van der Waals surface area contributed by atoms with E-state index in [4.69, 9.17) is 0 Å². The Kier molecular flexibility index (Phi) is 4.40. The Labute approximate surface area is 116 Å². The first-order valence-electron chi connectivity index (χ1n) is 6.15. The minimum atomic E-state index is -1.55. The van der Waals surface area contributed by atoms with Gasteiger partial charge in [0.2, 0.25) is 11.6 Å². The smallest absolute Gasteiger partial charge is 0.234 e. The number of hydrogen-bond donors (Lipinski definition) is 2. The van der Waals surface area contributed by atoms with Crippen molar-refractivity contribution in [2.45, 2.75) is 12.2 Å². The van der Waals surface area contributed by atoms with E-state index in [2.05, 4.69) is 0 Å². The van der Waals surface area contributed by atoms with E-state index in [1.807, 2.05) is 0 Å². The Morgan fingerprint density at radius 3 is 1.25 bits per heavy atom. The highest BCUT2D eigenvalue weighted by molar-refractivity contribution is 6.40. The Bertz CT molecular complexity index is 537. The summed E-state index contributed by atoms with van der Waals surface area (Å²) in [4.78, 5) is 23.8. The zero-order chi connectivity index (χ0) is 14.5. The summed E-state index contributed by atoms with van der Waals surface area (Å²) in [6.07, 6.45) is -3.11. The van der Waals surface area contributed by atoms with Gasteiger partial charge in [-0.3, -0.25) is 9.59 Å². The molecule has 0 radical (unpaired) electrons. The number of rotatable bonds is 5. The molecule has 0 heterocycles. The lowest BCUT2D eigenvalue weighted by Gasteiger charge is -2.13.